The molecule has 14 heavy (non-hydrogen) atoms. The monoisotopic (exact) mass is 211 g/mol. The van der Waals surface area contributed by atoms with Crippen molar-refractivity contribution in [2.45, 2.75) is 18.8 Å². The van der Waals surface area contributed by atoms with Gasteiger partial charge in [0, 0.05) is 12.1 Å². The molecule has 1 heterocycles. The Kier molecular flexibility index (Phi) is 2.23. The third-order valence-corrected chi connectivity index (χ3v) is 2.63. The van der Waals surface area contributed by atoms with E-state index in [1.54, 1.807) is 11.0 Å². The van der Waals surface area contributed by atoms with Crippen LogP contribution in [0, 0.1) is 5.82 Å². The molecule has 0 saturated heterocycles. The van der Waals surface area contributed by atoms with E-state index >= 15 is 0 Å². The molecule has 1 aliphatic rings. The molecule has 0 spiro atoms. The molecule has 0 fully saturated rings. The van der Waals surface area contributed by atoms with E-state index in [9.17, 15) is 9.18 Å². The predicted molar refractivity (Wildman–Crippen MR) is 54.7 cm³/mol. The number of rotatable bonds is 1. The molecule has 1 atom stereocenters. The maximum atomic E-state index is 12.9. The molecule has 1 aromatic rings. The van der Waals surface area contributed by atoms with Crippen LogP contribution >= 0.6 is 12.6 Å². The molecular formula is C10H10FNOS. The second-order valence-electron chi connectivity index (χ2n) is 3.37. The summed E-state index contributed by atoms with van der Waals surface area (Å²) < 4.78 is 12.9. The number of carbonyl (C=O) groups is 1. The van der Waals surface area contributed by atoms with Crippen molar-refractivity contribution in [2.24, 2.45) is 0 Å². The summed E-state index contributed by atoms with van der Waals surface area (Å²) in [5, 5.41) is -0.141. The van der Waals surface area contributed by atoms with Gasteiger partial charge in [-0.25, -0.2) is 4.39 Å². The molecule has 2 rings (SSSR count). The minimum Gasteiger partial charge on any atom is -0.323 e. The van der Waals surface area contributed by atoms with Gasteiger partial charge in [-0.15, -0.1) is 0 Å². The number of hydrogen-bond donors (Lipinski definition) is 1. The SMILES string of the molecule is CC(S)N1Cc2ccc(F)cc2C1=O. The molecule has 1 amide bonds. The number of thiol groups is 1. The Labute approximate surface area is 87.1 Å². The van der Waals surface area contributed by atoms with Crippen molar-refractivity contribution >= 4 is 18.5 Å². The number of halogens is 1. The van der Waals surface area contributed by atoms with Gasteiger partial charge in [0.05, 0.1) is 5.37 Å². The van der Waals surface area contributed by atoms with Gasteiger partial charge in [0.15, 0.2) is 0 Å². The molecule has 0 bridgehead atoms. The Morgan fingerprint density at radius 2 is 2.29 bits per heavy atom. The van der Waals surface area contributed by atoms with Gasteiger partial charge in [0.2, 0.25) is 0 Å². The van der Waals surface area contributed by atoms with E-state index in [0.29, 0.717) is 12.1 Å². The largest absolute Gasteiger partial charge is 0.323 e. The standard InChI is InChI=1S/C10H10FNOS/c1-6(14)12-5-7-2-3-8(11)4-9(7)10(12)13/h2-4,6,14H,5H2,1H3. The van der Waals surface area contributed by atoms with Gasteiger partial charge in [-0.1, -0.05) is 6.07 Å². The van der Waals surface area contributed by atoms with E-state index < -0.39 is 0 Å². The average Bonchev–Trinajstić information content (AvgIpc) is 2.44. The number of carbonyl (C=O) groups excluding carboxylic acids is 1. The normalized spacial score (nSPS) is 17.1. The van der Waals surface area contributed by atoms with E-state index in [0.717, 1.165) is 5.56 Å². The zero-order valence-corrected chi connectivity index (χ0v) is 8.59. The molecule has 0 N–H and O–H groups in total. The number of nitrogens with zero attached hydrogens (tertiary/aromatic N) is 1. The Hall–Kier alpha value is -1.03. The maximum absolute atomic E-state index is 12.9. The molecule has 0 aliphatic carbocycles. The van der Waals surface area contributed by atoms with Crippen molar-refractivity contribution in [1.82, 2.24) is 4.90 Å². The predicted octanol–water partition coefficient (Wildman–Crippen LogP) is 2.06. The maximum Gasteiger partial charge on any atom is 0.255 e. The first-order chi connectivity index (χ1) is 6.59. The van der Waals surface area contributed by atoms with Crippen LogP contribution in [0.2, 0.25) is 0 Å². The third-order valence-electron chi connectivity index (χ3n) is 2.35. The molecule has 2 nitrogen and oxygen atoms in total. The molecule has 0 saturated carbocycles. The summed E-state index contributed by atoms with van der Waals surface area (Å²) in [6.07, 6.45) is 0. The van der Waals surface area contributed by atoms with Crippen LogP contribution < -0.4 is 0 Å². The van der Waals surface area contributed by atoms with Crippen molar-refractivity contribution in [2.75, 3.05) is 0 Å². The minimum absolute atomic E-state index is 0.137. The highest BCUT2D eigenvalue weighted by atomic mass is 32.1. The molecule has 1 aliphatic heterocycles. The average molecular weight is 211 g/mol. The second-order valence-corrected chi connectivity index (χ2v) is 4.11. The molecule has 0 aromatic heterocycles. The van der Waals surface area contributed by atoms with Crippen LogP contribution in [-0.4, -0.2) is 16.2 Å². The summed E-state index contributed by atoms with van der Waals surface area (Å²) in [5.41, 5.74) is 1.34. The summed E-state index contributed by atoms with van der Waals surface area (Å²) in [7, 11) is 0. The smallest absolute Gasteiger partial charge is 0.255 e. The molecule has 1 aromatic carbocycles. The van der Waals surface area contributed by atoms with Gasteiger partial charge in [0.1, 0.15) is 5.82 Å². The summed E-state index contributed by atoms with van der Waals surface area (Å²) in [6, 6.07) is 4.31. The van der Waals surface area contributed by atoms with Gasteiger partial charge in [-0.3, -0.25) is 4.79 Å². The molecule has 4 heteroatoms. The van der Waals surface area contributed by atoms with E-state index in [1.165, 1.54) is 12.1 Å². The van der Waals surface area contributed by atoms with Crippen molar-refractivity contribution < 1.29 is 9.18 Å². The lowest BCUT2D eigenvalue weighted by Gasteiger charge is -2.18. The van der Waals surface area contributed by atoms with Crippen molar-refractivity contribution in [1.29, 1.82) is 0 Å². The number of hydrogen-bond acceptors (Lipinski definition) is 2. The van der Waals surface area contributed by atoms with Crippen molar-refractivity contribution in [3.63, 3.8) is 0 Å². The van der Waals surface area contributed by atoms with E-state index in [-0.39, 0.29) is 17.1 Å². The Bertz CT molecular complexity index is 392. The van der Waals surface area contributed by atoms with Crippen LogP contribution in [0.3, 0.4) is 0 Å². The Balaban J connectivity index is 2.41. The first-order valence-corrected chi connectivity index (χ1v) is 4.88. The van der Waals surface area contributed by atoms with Crippen LogP contribution in [0.4, 0.5) is 4.39 Å². The number of amides is 1. The summed E-state index contributed by atoms with van der Waals surface area (Å²) >= 11 is 4.19. The Morgan fingerprint density at radius 1 is 1.57 bits per heavy atom. The van der Waals surface area contributed by atoms with Crippen LogP contribution in [-0.2, 0) is 6.54 Å². The fourth-order valence-electron chi connectivity index (χ4n) is 1.60. The van der Waals surface area contributed by atoms with Crippen LogP contribution in [0.5, 0.6) is 0 Å². The molecule has 0 radical (unpaired) electrons. The number of benzene rings is 1. The summed E-state index contributed by atoms with van der Waals surface area (Å²) in [5.74, 6) is -0.507. The molecule has 1 unspecified atom stereocenters. The van der Waals surface area contributed by atoms with Gasteiger partial charge in [-0.2, -0.15) is 12.6 Å². The zero-order valence-electron chi connectivity index (χ0n) is 7.70. The van der Waals surface area contributed by atoms with Crippen molar-refractivity contribution in [3.05, 3.63) is 35.1 Å². The molecule has 74 valence electrons. The second kappa shape index (κ2) is 3.28. The van der Waals surface area contributed by atoms with Crippen LogP contribution in [0.25, 0.3) is 0 Å². The fourth-order valence-corrected chi connectivity index (χ4v) is 1.78. The lowest BCUT2D eigenvalue weighted by molar-refractivity contribution is 0.0771. The highest BCUT2D eigenvalue weighted by Crippen LogP contribution is 2.25. The van der Waals surface area contributed by atoms with Gasteiger partial charge in [-0.05, 0) is 24.6 Å². The highest BCUT2D eigenvalue weighted by molar-refractivity contribution is 7.80. The van der Waals surface area contributed by atoms with E-state index in [4.69, 9.17) is 0 Å². The van der Waals surface area contributed by atoms with Gasteiger partial charge < -0.3 is 4.90 Å². The minimum atomic E-state index is -0.370. The first-order valence-electron chi connectivity index (χ1n) is 4.37. The Morgan fingerprint density at radius 3 is 2.93 bits per heavy atom. The summed E-state index contributed by atoms with van der Waals surface area (Å²) in [6.45, 7) is 2.35. The third kappa shape index (κ3) is 1.39. The lowest BCUT2D eigenvalue weighted by Crippen LogP contribution is -2.29. The summed E-state index contributed by atoms with van der Waals surface area (Å²) in [4.78, 5) is 13.3. The van der Waals surface area contributed by atoms with E-state index in [2.05, 4.69) is 12.6 Å². The van der Waals surface area contributed by atoms with E-state index in [1.807, 2.05) is 6.92 Å². The van der Waals surface area contributed by atoms with Crippen molar-refractivity contribution in [3.8, 4) is 0 Å². The van der Waals surface area contributed by atoms with Crippen LogP contribution in [0.1, 0.15) is 22.8 Å². The molecular weight excluding hydrogens is 201 g/mol. The lowest BCUT2D eigenvalue weighted by atomic mass is 10.1. The quantitative estimate of drug-likeness (QED) is 0.705. The van der Waals surface area contributed by atoms with Gasteiger partial charge >= 0.3 is 0 Å². The van der Waals surface area contributed by atoms with Gasteiger partial charge in [0.25, 0.3) is 5.91 Å². The first kappa shape index (κ1) is 9.52. The zero-order chi connectivity index (χ0) is 10.3. The fraction of sp³-hybridized carbons (Fsp3) is 0.300. The topological polar surface area (TPSA) is 20.3 Å². The highest BCUT2D eigenvalue weighted by Gasteiger charge is 2.29. The van der Waals surface area contributed by atoms with Crippen LogP contribution in [0.15, 0.2) is 18.2 Å². The number of fused-ring (bicyclic) bond motifs is 1.